The van der Waals surface area contributed by atoms with E-state index < -0.39 is 0 Å². The number of likely N-dealkylation sites (tertiary alicyclic amines) is 1. The van der Waals surface area contributed by atoms with Crippen molar-refractivity contribution >= 4 is 5.65 Å². The fraction of sp³-hybridized carbons (Fsp3) is 0.571. The zero-order chi connectivity index (χ0) is 13.2. The summed E-state index contributed by atoms with van der Waals surface area (Å²) in [4.78, 5) is 7.09. The zero-order valence-corrected chi connectivity index (χ0v) is 11.4. The molecule has 0 radical (unpaired) electrons. The fourth-order valence-corrected chi connectivity index (χ4v) is 2.86. The van der Waals surface area contributed by atoms with Gasteiger partial charge >= 0.3 is 0 Å². The lowest BCUT2D eigenvalue weighted by molar-refractivity contribution is 0.182. The smallest absolute Gasteiger partial charge is 0.160 e. The Labute approximate surface area is 113 Å². The molecule has 1 aliphatic heterocycles. The lowest BCUT2D eigenvalue weighted by Crippen LogP contribution is -2.37. The number of nitrogens with two attached hydrogens (primary N) is 1. The van der Waals surface area contributed by atoms with Gasteiger partial charge in [-0.1, -0.05) is 12.5 Å². The number of piperidine rings is 1. The summed E-state index contributed by atoms with van der Waals surface area (Å²) < 4.78 is 1.85. The first-order chi connectivity index (χ1) is 9.28. The number of hydrogen-bond acceptors (Lipinski definition) is 4. The van der Waals surface area contributed by atoms with Crippen molar-refractivity contribution in [3.8, 4) is 0 Å². The Morgan fingerprint density at radius 3 is 3.11 bits per heavy atom. The van der Waals surface area contributed by atoms with E-state index in [0.29, 0.717) is 12.6 Å². The highest BCUT2D eigenvalue weighted by Gasteiger charge is 2.21. The van der Waals surface area contributed by atoms with Crippen LogP contribution < -0.4 is 5.73 Å². The highest BCUT2D eigenvalue weighted by Crippen LogP contribution is 2.18. The van der Waals surface area contributed by atoms with Gasteiger partial charge in [-0.25, -0.2) is 9.50 Å². The Morgan fingerprint density at radius 2 is 2.32 bits per heavy atom. The molecule has 0 aliphatic carbocycles. The van der Waals surface area contributed by atoms with Gasteiger partial charge in [0.1, 0.15) is 0 Å². The van der Waals surface area contributed by atoms with Gasteiger partial charge in [-0.3, -0.25) is 0 Å². The molecule has 0 spiro atoms. The Hall–Kier alpha value is -1.46. The van der Waals surface area contributed by atoms with Gasteiger partial charge in [0, 0.05) is 30.8 Å². The minimum Gasteiger partial charge on any atom is -0.326 e. The second kappa shape index (κ2) is 5.27. The predicted octanol–water partition coefficient (Wildman–Crippen LogP) is 1.21. The van der Waals surface area contributed by atoms with Crippen molar-refractivity contribution in [1.82, 2.24) is 19.5 Å². The lowest BCUT2D eigenvalue weighted by atomic mass is 10.00. The Balaban J connectivity index is 1.85. The average molecular weight is 259 g/mol. The molecule has 1 fully saturated rings. The minimum atomic E-state index is 0.506. The molecule has 1 saturated heterocycles. The van der Waals surface area contributed by atoms with E-state index >= 15 is 0 Å². The first-order valence-electron chi connectivity index (χ1n) is 7.01. The van der Waals surface area contributed by atoms with Crippen LogP contribution in [0, 0.1) is 0 Å². The van der Waals surface area contributed by atoms with E-state index in [9.17, 15) is 0 Å². The highest BCUT2D eigenvalue weighted by molar-refractivity contribution is 5.46. The van der Waals surface area contributed by atoms with Gasteiger partial charge in [0.05, 0.1) is 0 Å². The van der Waals surface area contributed by atoms with Crippen molar-refractivity contribution < 1.29 is 0 Å². The topological polar surface area (TPSA) is 59.5 Å². The molecular formula is C14H21N5. The third-order valence-corrected chi connectivity index (χ3v) is 4.05. The largest absolute Gasteiger partial charge is 0.326 e. The van der Waals surface area contributed by atoms with E-state index in [0.717, 1.165) is 23.5 Å². The summed E-state index contributed by atoms with van der Waals surface area (Å²) in [5, 5.41) is 4.57. The van der Waals surface area contributed by atoms with Crippen molar-refractivity contribution in [3.05, 3.63) is 29.7 Å². The van der Waals surface area contributed by atoms with Crippen LogP contribution in [0.3, 0.4) is 0 Å². The number of hydrogen-bond donors (Lipinski definition) is 1. The van der Waals surface area contributed by atoms with Gasteiger partial charge in [0.2, 0.25) is 0 Å². The number of likely N-dealkylation sites (N-methyl/N-ethyl adjacent to an activating group) is 1. The number of rotatable bonds is 3. The number of fused-ring (bicyclic) bond motifs is 1. The molecule has 102 valence electrons. The molecule has 2 aromatic heterocycles. The molecule has 0 bridgehead atoms. The maximum Gasteiger partial charge on any atom is 0.160 e. The van der Waals surface area contributed by atoms with E-state index in [1.807, 2.05) is 22.8 Å². The Kier molecular flexibility index (Phi) is 3.48. The van der Waals surface area contributed by atoms with E-state index in [2.05, 4.69) is 22.0 Å². The monoisotopic (exact) mass is 259 g/mol. The molecule has 3 rings (SSSR count). The van der Waals surface area contributed by atoms with Crippen molar-refractivity contribution in [2.45, 2.75) is 38.3 Å². The second-order valence-corrected chi connectivity index (χ2v) is 5.37. The SMILES string of the molecule is CN1CCCCC1Cc1nc2c(CN)cccn2n1. The Morgan fingerprint density at radius 1 is 1.42 bits per heavy atom. The van der Waals surface area contributed by atoms with Gasteiger partial charge in [-0.05, 0) is 32.5 Å². The quantitative estimate of drug-likeness (QED) is 0.900. The van der Waals surface area contributed by atoms with Crippen LogP contribution in [0.1, 0.15) is 30.7 Å². The van der Waals surface area contributed by atoms with Crippen LogP contribution in [-0.2, 0) is 13.0 Å². The third-order valence-electron chi connectivity index (χ3n) is 4.05. The van der Waals surface area contributed by atoms with Crippen molar-refractivity contribution in [3.63, 3.8) is 0 Å². The van der Waals surface area contributed by atoms with Gasteiger partial charge in [0.25, 0.3) is 0 Å². The number of aromatic nitrogens is 3. The molecule has 0 amide bonds. The van der Waals surface area contributed by atoms with Gasteiger partial charge < -0.3 is 10.6 Å². The normalized spacial score (nSPS) is 21.1. The molecular weight excluding hydrogens is 238 g/mol. The first-order valence-corrected chi connectivity index (χ1v) is 7.01. The molecule has 5 nitrogen and oxygen atoms in total. The molecule has 1 aliphatic rings. The molecule has 1 atom stereocenters. The minimum absolute atomic E-state index is 0.506. The van der Waals surface area contributed by atoms with Crippen LogP contribution in [0.15, 0.2) is 18.3 Å². The summed E-state index contributed by atoms with van der Waals surface area (Å²) in [6, 6.07) is 4.56. The van der Waals surface area contributed by atoms with Crippen LogP contribution in [0.4, 0.5) is 0 Å². The molecule has 0 saturated carbocycles. The summed E-state index contributed by atoms with van der Waals surface area (Å²) in [5.41, 5.74) is 7.70. The van der Waals surface area contributed by atoms with Gasteiger partial charge in [-0.15, -0.1) is 0 Å². The molecule has 1 unspecified atom stereocenters. The highest BCUT2D eigenvalue weighted by atomic mass is 15.3. The van der Waals surface area contributed by atoms with Crippen LogP contribution >= 0.6 is 0 Å². The van der Waals surface area contributed by atoms with E-state index in [-0.39, 0.29) is 0 Å². The van der Waals surface area contributed by atoms with E-state index in [1.54, 1.807) is 0 Å². The Bertz CT molecular complexity index is 562. The molecule has 0 aromatic carbocycles. The van der Waals surface area contributed by atoms with Crippen molar-refractivity contribution in [2.75, 3.05) is 13.6 Å². The summed E-state index contributed by atoms with van der Waals surface area (Å²) in [6.07, 6.45) is 6.74. The van der Waals surface area contributed by atoms with Crippen LogP contribution in [0.25, 0.3) is 5.65 Å². The van der Waals surface area contributed by atoms with Gasteiger partial charge in [0.15, 0.2) is 11.5 Å². The standard InChI is InChI=1S/C14H21N5/c1-18-7-3-2-6-12(18)9-13-16-14-11(10-15)5-4-8-19(14)17-13/h4-5,8,12H,2-3,6-7,9-10,15H2,1H3. The second-order valence-electron chi connectivity index (χ2n) is 5.37. The molecule has 5 heteroatoms. The summed E-state index contributed by atoms with van der Waals surface area (Å²) in [5.74, 6) is 0.930. The molecule has 2 aromatic rings. The van der Waals surface area contributed by atoms with Crippen molar-refractivity contribution in [1.29, 1.82) is 0 Å². The van der Waals surface area contributed by atoms with Gasteiger partial charge in [-0.2, -0.15) is 5.10 Å². The van der Waals surface area contributed by atoms with Crippen LogP contribution in [0.5, 0.6) is 0 Å². The summed E-state index contributed by atoms with van der Waals surface area (Å²) in [6.45, 7) is 1.69. The van der Waals surface area contributed by atoms with E-state index in [4.69, 9.17) is 5.73 Å². The number of pyridine rings is 1. The zero-order valence-electron chi connectivity index (χ0n) is 11.4. The summed E-state index contributed by atoms with van der Waals surface area (Å²) >= 11 is 0. The molecule has 19 heavy (non-hydrogen) atoms. The number of nitrogens with zero attached hydrogens (tertiary/aromatic N) is 4. The molecule has 2 N–H and O–H groups in total. The average Bonchev–Trinajstić information content (AvgIpc) is 2.83. The van der Waals surface area contributed by atoms with E-state index in [1.165, 1.54) is 25.8 Å². The maximum absolute atomic E-state index is 5.74. The maximum atomic E-state index is 5.74. The fourth-order valence-electron chi connectivity index (χ4n) is 2.86. The predicted molar refractivity (Wildman–Crippen MR) is 74.9 cm³/mol. The van der Waals surface area contributed by atoms with Crippen molar-refractivity contribution in [2.24, 2.45) is 5.73 Å². The molecule has 3 heterocycles. The third kappa shape index (κ3) is 2.48. The summed E-state index contributed by atoms with van der Waals surface area (Å²) in [7, 11) is 2.20. The van der Waals surface area contributed by atoms with Crippen LogP contribution in [-0.4, -0.2) is 39.1 Å². The van der Waals surface area contributed by atoms with Crippen LogP contribution in [0.2, 0.25) is 0 Å². The lowest BCUT2D eigenvalue weighted by Gasteiger charge is -2.31. The first kappa shape index (κ1) is 12.6.